The predicted molar refractivity (Wildman–Crippen MR) is 86.6 cm³/mol. The molecule has 1 aromatic carbocycles. The molecule has 0 radical (unpaired) electrons. The van der Waals surface area contributed by atoms with Crippen molar-refractivity contribution in [1.29, 1.82) is 0 Å². The van der Waals surface area contributed by atoms with Crippen molar-refractivity contribution >= 4 is 11.9 Å². The van der Waals surface area contributed by atoms with Gasteiger partial charge in [0.15, 0.2) is 0 Å². The predicted octanol–water partition coefficient (Wildman–Crippen LogP) is 2.96. The van der Waals surface area contributed by atoms with E-state index in [2.05, 4.69) is 11.9 Å². The van der Waals surface area contributed by atoms with Gasteiger partial charge in [-0.1, -0.05) is 19.1 Å². The molecule has 0 spiro atoms. The number of aliphatic carboxylic acids is 1. The second-order valence-corrected chi connectivity index (χ2v) is 4.93. The zero-order valence-electron chi connectivity index (χ0n) is 13.8. The Morgan fingerprint density at radius 2 is 1.73 bits per heavy atom. The van der Waals surface area contributed by atoms with Gasteiger partial charge in [-0.15, -0.1) is 0 Å². The molecule has 1 heterocycles. The molecule has 140 valence electrons. The van der Waals surface area contributed by atoms with Crippen LogP contribution >= 0.6 is 0 Å². The third kappa shape index (κ3) is 6.89. The van der Waals surface area contributed by atoms with Crippen LogP contribution in [0.15, 0.2) is 42.6 Å². The summed E-state index contributed by atoms with van der Waals surface area (Å²) < 4.78 is 37.0. The van der Waals surface area contributed by atoms with E-state index in [-0.39, 0.29) is 0 Å². The average Bonchev–Trinajstić information content (AvgIpc) is 2.62. The van der Waals surface area contributed by atoms with Gasteiger partial charge in [0.1, 0.15) is 5.75 Å². The average molecular weight is 370 g/mol. The summed E-state index contributed by atoms with van der Waals surface area (Å²) in [6, 6.07) is 10.8. The molecule has 0 unspecified atom stereocenters. The maximum Gasteiger partial charge on any atom is 0.490 e. The molecule has 0 bridgehead atoms. The van der Waals surface area contributed by atoms with E-state index < -0.39 is 18.1 Å². The fourth-order valence-corrected chi connectivity index (χ4v) is 1.63. The summed E-state index contributed by atoms with van der Waals surface area (Å²) in [6.45, 7) is 2.43. The Hall–Kier alpha value is -2.94. The smallest absolute Gasteiger partial charge is 0.475 e. The number of hydrogen-bond donors (Lipinski definition) is 2. The van der Waals surface area contributed by atoms with Gasteiger partial charge in [0.2, 0.25) is 0 Å². The minimum absolute atomic E-state index is 0.355. The quantitative estimate of drug-likeness (QED) is 0.634. The first-order valence-electron chi connectivity index (χ1n) is 7.43. The van der Waals surface area contributed by atoms with Gasteiger partial charge in [-0.3, -0.25) is 4.98 Å². The number of halogens is 3. The Kier molecular flexibility index (Phi) is 7.73. The summed E-state index contributed by atoms with van der Waals surface area (Å²) in [5.74, 6) is -2.64. The molecule has 0 amide bonds. The van der Waals surface area contributed by atoms with Crippen molar-refractivity contribution in [3.63, 3.8) is 0 Å². The standard InChI is InChI=1S/C15H16N2O2.C2HF3O2/c1-2-11-3-7-14(8-4-11)19-15(18)12-5-6-13(9-16)17-10-12;3-2(4,5)1(6)7/h3-8,10H,2,9,16H2,1H3;(H,6,7). The van der Waals surface area contributed by atoms with Crippen molar-refractivity contribution in [1.82, 2.24) is 4.98 Å². The maximum atomic E-state index is 11.9. The van der Waals surface area contributed by atoms with Crippen LogP contribution in [0.25, 0.3) is 0 Å². The van der Waals surface area contributed by atoms with Crippen LogP contribution in [-0.2, 0) is 17.8 Å². The minimum atomic E-state index is -5.08. The number of hydrogen-bond acceptors (Lipinski definition) is 5. The van der Waals surface area contributed by atoms with Crippen LogP contribution in [0.1, 0.15) is 28.5 Å². The van der Waals surface area contributed by atoms with Crippen molar-refractivity contribution in [2.24, 2.45) is 5.73 Å². The normalized spacial score (nSPS) is 10.5. The number of benzene rings is 1. The summed E-state index contributed by atoms with van der Waals surface area (Å²) in [7, 11) is 0. The molecule has 2 rings (SSSR count). The number of carbonyl (C=O) groups is 2. The fourth-order valence-electron chi connectivity index (χ4n) is 1.63. The number of alkyl halides is 3. The van der Waals surface area contributed by atoms with E-state index in [4.69, 9.17) is 20.4 Å². The Morgan fingerprint density at radius 3 is 2.12 bits per heavy atom. The minimum Gasteiger partial charge on any atom is -0.475 e. The van der Waals surface area contributed by atoms with E-state index in [9.17, 15) is 18.0 Å². The highest BCUT2D eigenvalue weighted by atomic mass is 19.4. The Bertz CT molecular complexity index is 729. The van der Waals surface area contributed by atoms with Crippen LogP contribution in [0.2, 0.25) is 0 Å². The number of nitrogens with zero attached hydrogens (tertiary/aromatic N) is 1. The molecule has 0 saturated carbocycles. The second-order valence-electron chi connectivity index (χ2n) is 4.93. The summed E-state index contributed by atoms with van der Waals surface area (Å²) in [5.41, 5.74) is 7.80. The van der Waals surface area contributed by atoms with Gasteiger partial charge in [0.25, 0.3) is 0 Å². The van der Waals surface area contributed by atoms with Gasteiger partial charge in [-0.05, 0) is 36.2 Å². The van der Waals surface area contributed by atoms with Crippen molar-refractivity contribution in [3.8, 4) is 5.75 Å². The topological polar surface area (TPSA) is 103 Å². The summed E-state index contributed by atoms with van der Waals surface area (Å²) >= 11 is 0. The van der Waals surface area contributed by atoms with Gasteiger partial charge < -0.3 is 15.6 Å². The number of pyridine rings is 1. The highest BCUT2D eigenvalue weighted by Crippen LogP contribution is 2.15. The number of rotatable bonds is 4. The van der Waals surface area contributed by atoms with Crippen LogP contribution < -0.4 is 10.5 Å². The highest BCUT2D eigenvalue weighted by molar-refractivity contribution is 5.90. The third-order valence-corrected chi connectivity index (χ3v) is 3.05. The lowest BCUT2D eigenvalue weighted by molar-refractivity contribution is -0.192. The van der Waals surface area contributed by atoms with Crippen molar-refractivity contribution < 1.29 is 32.6 Å². The largest absolute Gasteiger partial charge is 0.490 e. The Morgan fingerprint density at radius 1 is 1.15 bits per heavy atom. The molecular weight excluding hydrogens is 353 g/mol. The molecule has 26 heavy (non-hydrogen) atoms. The SMILES string of the molecule is CCc1ccc(OC(=O)c2ccc(CN)nc2)cc1.O=C(O)C(F)(F)F. The summed E-state index contributed by atoms with van der Waals surface area (Å²) in [5, 5.41) is 7.12. The summed E-state index contributed by atoms with van der Waals surface area (Å²) in [6.07, 6.45) is -2.65. The van der Waals surface area contributed by atoms with Crippen LogP contribution in [0.3, 0.4) is 0 Å². The van der Waals surface area contributed by atoms with Crippen LogP contribution in [0.4, 0.5) is 13.2 Å². The Labute approximate surface area is 147 Å². The van der Waals surface area contributed by atoms with Crippen LogP contribution in [-0.4, -0.2) is 28.2 Å². The molecule has 9 heteroatoms. The number of carboxylic acid groups (broad SMARTS) is 1. The van der Waals surface area contributed by atoms with Crippen LogP contribution in [0, 0.1) is 0 Å². The number of esters is 1. The Balaban J connectivity index is 0.000000412. The molecular formula is C17H17F3N2O4. The molecule has 0 atom stereocenters. The first-order chi connectivity index (χ1) is 12.2. The summed E-state index contributed by atoms with van der Waals surface area (Å²) in [4.78, 5) is 24.8. The second kappa shape index (κ2) is 9.52. The molecule has 6 nitrogen and oxygen atoms in total. The van der Waals surface area contributed by atoms with Gasteiger partial charge in [-0.25, -0.2) is 9.59 Å². The number of nitrogens with two attached hydrogens (primary N) is 1. The van der Waals surface area contributed by atoms with E-state index in [1.54, 1.807) is 24.3 Å². The number of carbonyl (C=O) groups excluding carboxylic acids is 1. The zero-order valence-corrected chi connectivity index (χ0v) is 13.8. The fraction of sp³-hybridized carbons (Fsp3) is 0.235. The molecule has 2 aromatic rings. The molecule has 0 aliphatic rings. The van der Waals surface area contributed by atoms with Crippen molar-refractivity contribution in [2.45, 2.75) is 26.1 Å². The number of aromatic nitrogens is 1. The maximum absolute atomic E-state index is 11.9. The first kappa shape index (κ1) is 21.1. The van der Waals surface area contributed by atoms with Crippen molar-refractivity contribution in [3.05, 3.63) is 59.4 Å². The van der Waals surface area contributed by atoms with Crippen LogP contribution in [0.5, 0.6) is 5.75 Å². The molecule has 0 aliphatic heterocycles. The van der Waals surface area contributed by atoms with E-state index in [1.165, 1.54) is 11.8 Å². The number of ether oxygens (including phenoxy) is 1. The lowest BCUT2D eigenvalue weighted by Gasteiger charge is -2.05. The molecule has 1 aromatic heterocycles. The van der Waals surface area contributed by atoms with Gasteiger partial charge >= 0.3 is 18.1 Å². The zero-order chi connectivity index (χ0) is 19.7. The number of aryl methyl sites for hydroxylation is 1. The third-order valence-electron chi connectivity index (χ3n) is 3.05. The molecule has 0 saturated heterocycles. The van der Waals surface area contributed by atoms with E-state index >= 15 is 0 Å². The molecule has 3 N–H and O–H groups in total. The van der Waals surface area contributed by atoms with Crippen molar-refractivity contribution in [2.75, 3.05) is 0 Å². The highest BCUT2D eigenvalue weighted by Gasteiger charge is 2.38. The van der Waals surface area contributed by atoms with Gasteiger partial charge in [-0.2, -0.15) is 13.2 Å². The first-order valence-corrected chi connectivity index (χ1v) is 7.43. The van der Waals surface area contributed by atoms with Gasteiger partial charge in [0.05, 0.1) is 11.3 Å². The van der Waals surface area contributed by atoms with Gasteiger partial charge in [0, 0.05) is 12.7 Å². The molecule has 0 fully saturated rings. The number of carboxylic acids is 1. The molecule has 0 aliphatic carbocycles. The van der Waals surface area contributed by atoms with E-state index in [1.807, 2.05) is 12.1 Å². The monoisotopic (exact) mass is 370 g/mol. The van der Waals surface area contributed by atoms with E-state index in [0.29, 0.717) is 17.9 Å². The van der Waals surface area contributed by atoms with E-state index in [0.717, 1.165) is 12.1 Å². The lowest BCUT2D eigenvalue weighted by atomic mass is 10.2. The lowest BCUT2D eigenvalue weighted by Crippen LogP contribution is -2.21.